The summed E-state index contributed by atoms with van der Waals surface area (Å²) in [6.07, 6.45) is 0. The lowest BCUT2D eigenvalue weighted by Gasteiger charge is -1.95. The monoisotopic (exact) mass is 157 g/mol. The molecule has 60 valence electrons. The number of rotatable bonds is 2. The Morgan fingerprint density at radius 1 is 1.91 bits per heavy atom. The smallest absolute Gasteiger partial charge is 0.267 e. The van der Waals surface area contributed by atoms with E-state index in [-0.39, 0.29) is 5.69 Å². The van der Waals surface area contributed by atoms with Gasteiger partial charge in [0, 0.05) is 0 Å². The number of halogens is 1. The van der Waals surface area contributed by atoms with Gasteiger partial charge in [-0.2, -0.15) is 5.10 Å². The molecule has 5 heteroatoms. The van der Waals surface area contributed by atoms with Crippen molar-refractivity contribution in [2.24, 2.45) is 5.73 Å². The molecule has 1 aromatic rings. The lowest BCUT2D eigenvalue weighted by atomic mass is 10.3. The summed E-state index contributed by atoms with van der Waals surface area (Å²) in [5.74, 6) is -0.664. The lowest BCUT2D eigenvalue weighted by Crippen LogP contribution is -2.16. The molecule has 0 aliphatic rings. The van der Waals surface area contributed by atoms with E-state index in [1.807, 2.05) is 0 Å². The Labute approximate surface area is 62.8 Å². The SMILES string of the molecule is Cc1cc(C(N)=O)n(CF)n1. The van der Waals surface area contributed by atoms with E-state index in [0.29, 0.717) is 5.69 Å². The zero-order valence-electron chi connectivity index (χ0n) is 6.04. The van der Waals surface area contributed by atoms with Crippen LogP contribution < -0.4 is 5.73 Å². The number of aromatic nitrogens is 2. The van der Waals surface area contributed by atoms with Crippen LogP contribution in [0.15, 0.2) is 6.07 Å². The van der Waals surface area contributed by atoms with Crippen LogP contribution >= 0.6 is 0 Å². The zero-order valence-corrected chi connectivity index (χ0v) is 6.04. The first-order valence-corrected chi connectivity index (χ1v) is 3.05. The van der Waals surface area contributed by atoms with E-state index in [1.165, 1.54) is 6.07 Å². The van der Waals surface area contributed by atoms with Gasteiger partial charge in [-0.15, -0.1) is 0 Å². The molecule has 0 spiro atoms. The number of nitrogens with zero attached hydrogens (tertiary/aromatic N) is 2. The summed E-state index contributed by atoms with van der Waals surface area (Å²) < 4.78 is 13.0. The quantitative estimate of drug-likeness (QED) is 0.667. The minimum absolute atomic E-state index is 0.102. The van der Waals surface area contributed by atoms with Gasteiger partial charge in [-0.05, 0) is 13.0 Å². The number of carbonyl (C=O) groups excluding carboxylic acids is 1. The van der Waals surface area contributed by atoms with Crippen molar-refractivity contribution in [2.75, 3.05) is 0 Å². The van der Waals surface area contributed by atoms with Crippen molar-refractivity contribution in [1.82, 2.24) is 9.78 Å². The molecule has 0 aliphatic heterocycles. The fourth-order valence-electron chi connectivity index (χ4n) is 0.835. The molecule has 1 amide bonds. The number of amides is 1. The molecule has 0 bridgehead atoms. The summed E-state index contributed by atoms with van der Waals surface area (Å²) in [7, 11) is 0. The highest BCUT2D eigenvalue weighted by Crippen LogP contribution is 2.02. The number of hydrogen-bond acceptors (Lipinski definition) is 2. The van der Waals surface area contributed by atoms with E-state index in [4.69, 9.17) is 5.73 Å². The van der Waals surface area contributed by atoms with Gasteiger partial charge in [0.1, 0.15) is 5.69 Å². The van der Waals surface area contributed by atoms with Gasteiger partial charge in [-0.25, -0.2) is 9.07 Å². The first-order chi connectivity index (χ1) is 5.15. The second kappa shape index (κ2) is 2.69. The van der Waals surface area contributed by atoms with Crippen LogP contribution in [-0.2, 0) is 6.80 Å². The maximum atomic E-state index is 12.1. The van der Waals surface area contributed by atoms with Crippen LogP contribution in [0.5, 0.6) is 0 Å². The number of alkyl halides is 1. The van der Waals surface area contributed by atoms with E-state index in [0.717, 1.165) is 4.68 Å². The summed E-state index contributed by atoms with van der Waals surface area (Å²) in [4.78, 5) is 10.6. The molecule has 0 aromatic carbocycles. The van der Waals surface area contributed by atoms with Gasteiger partial charge >= 0.3 is 0 Å². The minimum Gasteiger partial charge on any atom is -0.364 e. The molecule has 0 radical (unpaired) electrons. The summed E-state index contributed by atoms with van der Waals surface area (Å²) >= 11 is 0. The van der Waals surface area contributed by atoms with Crippen LogP contribution in [0.3, 0.4) is 0 Å². The molecule has 0 saturated carbocycles. The maximum Gasteiger partial charge on any atom is 0.267 e. The molecule has 1 heterocycles. The van der Waals surface area contributed by atoms with Crippen molar-refractivity contribution in [3.63, 3.8) is 0 Å². The summed E-state index contributed by atoms with van der Waals surface area (Å²) in [5.41, 5.74) is 5.62. The van der Waals surface area contributed by atoms with Gasteiger partial charge in [0.2, 0.25) is 0 Å². The zero-order chi connectivity index (χ0) is 8.43. The Hall–Kier alpha value is -1.39. The lowest BCUT2D eigenvalue weighted by molar-refractivity contribution is 0.0985. The standard InChI is InChI=1S/C6H8FN3O/c1-4-2-5(6(8)11)10(3-7)9-4/h2H,3H2,1H3,(H2,8,11). The van der Waals surface area contributed by atoms with Gasteiger partial charge < -0.3 is 5.73 Å². The van der Waals surface area contributed by atoms with Crippen molar-refractivity contribution in [1.29, 1.82) is 0 Å². The number of nitrogens with two attached hydrogens (primary N) is 1. The molecule has 1 rings (SSSR count). The molecular formula is C6H8FN3O. The fourth-order valence-corrected chi connectivity index (χ4v) is 0.835. The first kappa shape index (κ1) is 7.71. The van der Waals surface area contributed by atoms with Crippen LogP contribution in [-0.4, -0.2) is 15.7 Å². The molecule has 0 unspecified atom stereocenters. The molecule has 1 aromatic heterocycles. The Morgan fingerprint density at radius 2 is 2.55 bits per heavy atom. The molecule has 0 fully saturated rings. The third-order valence-electron chi connectivity index (χ3n) is 1.27. The number of carbonyl (C=O) groups is 1. The Kier molecular flexibility index (Phi) is 1.89. The van der Waals surface area contributed by atoms with Crippen molar-refractivity contribution < 1.29 is 9.18 Å². The number of aryl methyl sites for hydroxylation is 1. The third-order valence-corrected chi connectivity index (χ3v) is 1.27. The Balaban J connectivity index is 3.12. The van der Waals surface area contributed by atoms with E-state index >= 15 is 0 Å². The molecular weight excluding hydrogens is 149 g/mol. The molecule has 2 N–H and O–H groups in total. The van der Waals surface area contributed by atoms with Gasteiger partial charge in [0.15, 0.2) is 6.80 Å². The van der Waals surface area contributed by atoms with Crippen molar-refractivity contribution in [3.8, 4) is 0 Å². The third kappa shape index (κ3) is 1.36. The van der Waals surface area contributed by atoms with Gasteiger partial charge in [0.05, 0.1) is 5.69 Å². The highest BCUT2D eigenvalue weighted by molar-refractivity contribution is 5.91. The molecule has 0 atom stereocenters. The minimum atomic E-state index is -0.827. The average molecular weight is 157 g/mol. The van der Waals surface area contributed by atoms with Crippen molar-refractivity contribution >= 4 is 5.91 Å². The van der Waals surface area contributed by atoms with Gasteiger partial charge in [-0.3, -0.25) is 4.79 Å². The summed E-state index contributed by atoms with van der Waals surface area (Å²) in [6, 6.07) is 1.45. The Bertz CT molecular complexity index is 281. The first-order valence-electron chi connectivity index (χ1n) is 3.05. The highest BCUT2D eigenvalue weighted by atomic mass is 19.1. The summed E-state index contributed by atoms with van der Waals surface area (Å²) in [6.45, 7) is 0.838. The highest BCUT2D eigenvalue weighted by Gasteiger charge is 2.09. The second-order valence-corrected chi connectivity index (χ2v) is 2.15. The molecule has 4 nitrogen and oxygen atoms in total. The van der Waals surface area contributed by atoms with E-state index in [2.05, 4.69) is 5.10 Å². The van der Waals surface area contributed by atoms with Crippen LogP contribution in [0.4, 0.5) is 4.39 Å². The van der Waals surface area contributed by atoms with Crippen LogP contribution in [0.1, 0.15) is 16.2 Å². The van der Waals surface area contributed by atoms with Crippen molar-refractivity contribution in [2.45, 2.75) is 13.7 Å². The van der Waals surface area contributed by atoms with Gasteiger partial charge in [0.25, 0.3) is 5.91 Å². The van der Waals surface area contributed by atoms with E-state index in [9.17, 15) is 9.18 Å². The molecule has 0 saturated heterocycles. The van der Waals surface area contributed by atoms with E-state index < -0.39 is 12.7 Å². The normalized spacial score (nSPS) is 10.0. The largest absolute Gasteiger partial charge is 0.364 e. The predicted molar refractivity (Wildman–Crippen MR) is 36.6 cm³/mol. The maximum absolute atomic E-state index is 12.1. The Morgan fingerprint density at radius 3 is 2.91 bits per heavy atom. The van der Waals surface area contributed by atoms with Gasteiger partial charge in [-0.1, -0.05) is 0 Å². The molecule has 0 aliphatic carbocycles. The predicted octanol–water partition coefficient (Wildman–Crippen LogP) is 0.217. The van der Waals surface area contributed by atoms with E-state index in [1.54, 1.807) is 6.92 Å². The van der Waals surface area contributed by atoms with Crippen LogP contribution in [0.2, 0.25) is 0 Å². The topological polar surface area (TPSA) is 60.9 Å². The number of hydrogen-bond donors (Lipinski definition) is 1. The van der Waals surface area contributed by atoms with Crippen LogP contribution in [0, 0.1) is 6.92 Å². The van der Waals surface area contributed by atoms with Crippen LogP contribution in [0.25, 0.3) is 0 Å². The molecule has 11 heavy (non-hydrogen) atoms. The number of primary amides is 1. The van der Waals surface area contributed by atoms with Crippen molar-refractivity contribution in [3.05, 3.63) is 17.5 Å². The fraction of sp³-hybridized carbons (Fsp3) is 0.333. The average Bonchev–Trinajstić information content (AvgIpc) is 2.30. The second-order valence-electron chi connectivity index (χ2n) is 2.15. The summed E-state index contributed by atoms with van der Waals surface area (Å²) in [5, 5.41) is 3.69.